The quantitative estimate of drug-likeness (QED) is 0.855. The average Bonchev–Trinajstić information content (AvgIpc) is 2.28. The molecule has 0 aliphatic carbocycles. The van der Waals surface area contributed by atoms with E-state index in [1.807, 2.05) is 6.07 Å². The highest BCUT2D eigenvalue weighted by atomic mass is 16.5. The maximum absolute atomic E-state index is 11.1. The Morgan fingerprint density at radius 3 is 2.06 bits per heavy atom. The molecule has 1 N–H and O–H groups in total. The van der Waals surface area contributed by atoms with Crippen molar-refractivity contribution in [2.75, 3.05) is 14.2 Å². The standard InChI is InChI=1S/C13H18O4/c1-13(2,12(14)15)8-9-10(16-3)6-5-7-11(9)17-4/h5-7H,8H2,1-4H3,(H,14,15). The van der Waals surface area contributed by atoms with Crippen LogP contribution < -0.4 is 9.47 Å². The van der Waals surface area contributed by atoms with E-state index in [4.69, 9.17) is 14.6 Å². The van der Waals surface area contributed by atoms with Crippen LogP contribution in [0, 0.1) is 5.41 Å². The molecule has 0 amide bonds. The minimum absolute atomic E-state index is 0.357. The van der Waals surface area contributed by atoms with Gasteiger partial charge in [0.05, 0.1) is 19.6 Å². The van der Waals surface area contributed by atoms with Crippen LogP contribution in [0.2, 0.25) is 0 Å². The number of ether oxygens (including phenoxy) is 2. The molecular formula is C13H18O4. The maximum Gasteiger partial charge on any atom is 0.309 e. The Hall–Kier alpha value is -1.71. The van der Waals surface area contributed by atoms with Crippen LogP contribution in [0.4, 0.5) is 0 Å². The lowest BCUT2D eigenvalue weighted by atomic mass is 9.85. The summed E-state index contributed by atoms with van der Waals surface area (Å²) in [5.41, 5.74) is -0.0769. The predicted molar refractivity (Wildman–Crippen MR) is 64.7 cm³/mol. The van der Waals surface area contributed by atoms with Crippen molar-refractivity contribution in [3.63, 3.8) is 0 Å². The Bertz CT molecular complexity index is 388. The van der Waals surface area contributed by atoms with Gasteiger partial charge in [-0.15, -0.1) is 0 Å². The number of carboxylic acid groups (broad SMARTS) is 1. The van der Waals surface area contributed by atoms with Crippen LogP contribution in [0.3, 0.4) is 0 Å². The second kappa shape index (κ2) is 5.08. The molecule has 0 unspecified atom stereocenters. The van der Waals surface area contributed by atoms with Gasteiger partial charge in [0.25, 0.3) is 0 Å². The summed E-state index contributed by atoms with van der Waals surface area (Å²) in [6.45, 7) is 3.36. The van der Waals surface area contributed by atoms with E-state index in [2.05, 4.69) is 0 Å². The molecule has 0 aliphatic heterocycles. The van der Waals surface area contributed by atoms with Crippen molar-refractivity contribution in [1.82, 2.24) is 0 Å². The van der Waals surface area contributed by atoms with Gasteiger partial charge in [-0.1, -0.05) is 6.07 Å². The first-order valence-electron chi connectivity index (χ1n) is 5.35. The SMILES string of the molecule is COc1cccc(OC)c1CC(C)(C)C(=O)O. The first kappa shape index (κ1) is 13.4. The first-order chi connectivity index (χ1) is 7.92. The molecule has 4 heteroatoms. The van der Waals surface area contributed by atoms with Crippen LogP contribution in [-0.2, 0) is 11.2 Å². The van der Waals surface area contributed by atoms with E-state index in [-0.39, 0.29) is 0 Å². The minimum Gasteiger partial charge on any atom is -0.496 e. The molecule has 0 radical (unpaired) electrons. The zero-order valence-corrected chi connectivity index (χ0v) is 10.6. The lowest BCUT2D eigenvalue weighted by Gasteiger charge is -2.22. The molecular weight excluding hydrogens is 220 g/mol. The predicted octanol–water partition coefficient (Wildman–Crippen LogP) is 2.36. The van der Waals surface area contributed by atoms with Gasteiger partial charge in [-0.2, -0.15) is 0 Å². The van der Waals surface area contributed by atoms with Crippen molar-refractivity contribution in [2.45, 2.75) is 20.3 Å². The highest BCUT2D eigenvalue weighted by molar-refractivity contribution is 5.74. The molecule has 0 bridgehead atoms. The van der Waals surface area contributed by atoms with Crippen LogP contribution in [0.15, 0.2) is 18.2 Å². The summed E-state index contributed by atoms with van der Waals surface area (Å²) >= 11 is 0. The van der Waals surface area contributed by atoms with E-state index in [0.29, 0.717) is 17.9 Å². The number of hydrogen-bond acceptors (Lipinski definition) is 3. The molecule has 0 spiro atoms. The van der Waals surface area contributed by atoms with E-state index in [9.17, 15) is 4.79 Å². The third-order valence-electron chi connectivity index (χ3n) is 2.73. The molecule has 0 saturated carbocycles. The van der Waals surface area contributed by atoms with Gasteiger partial charge in [-0.25, -0.2) is 0 Å². The summed E-state index contributed by atoms with van der Waals surface area (Å²) in [5, 5.41) is 9.15. The Morgan fingerprint density at radius 1 is 1.24 bits per heavy atom. The van der Waals surface area contributed by atoms with Crippen LogP contribution >= 0.6 is 0 Å². The second-order valence-corrected chi connectivity index (χ2v) is 4.51. The summed E-state index contributed by atoms with van der Waals surface area (Å²) in [6.07, 6.45) is 0.357. The van der Waals surface area contributed by atoms with Crippen molar-refractivity contribution in [2.24, 2.45) is 5.41 Å². The Kier molecular flexibility index (Phi) is 3.99. The van der Waals surface area contributed by atoms with Gasteiger partial charge in [0.1, 0.15) is 11.5 Å². The Balaban J connectivity index is 3.16. The summed E-state index contributed by atoms with van der Waals surface area (Å²) in [4.78, 5) is 11.1. The fourth-order valence-electron chi connectivity index (χ4n) is 1.62. The number of aliphatic carboxylic acids is 1. The molecule has 0 aromatic heterocycles. The van der Waals surface area contributed by atoms with E-state index in [1.54, 1.807) is 40.2 Å². The monoisotopic (exact) mass is 238 g/mol. The smallest absolute Gasteiger partial charge is 0.309 e. The number of rotatable bonds is 5. The van der Waals surface area contributed by atoms with Gasteiger partial charge in [0, 0.05) is 5.56 Å². The number of benzene rings is 1. The lowest BCUT2D eigenvalue weighted by molar-refractivity contribution is -0.146. The minimum atomic E-state index is -0.859. The number of carbonyl (C=O) groups is 1. The molecule has 0 atom stereocenters. The third kappa shape index (κ3) is 2.90. The molecule has 1 rings (SSSR count). The molecule has 94 valence electrons. The molecule has 4 nitrogen and oxygen atoms in total. The van der Waals surface area contributed by atoms with E-state index >= 15 is 0 Å². The van der Waals surface area contributed by atoms with E-state index in [1.165, 1.54) is 0 Å². The number of methoxy groups -OCH3 is 2. The summed E-state index contributed by atoms with van der Waals surface area (Å²) in [7, 11) is 3.12. The van der Waals surface area contributed by atoms with Crippen molar-refractivity contribution < 1.29 is 19.4 Å². The highest BCUT2D eigenvalue weighted by Gasteiger charge is 2.30. The average molecular weight is 238 g/mol. The highest BCUT2D eigenvalue weighted by Crippen LogP contribution is 2.34. The number of hydrogen-bond donors (Lipinski definition) is 1. The first-order valence-corrected chi connectivity index (χ1v) is 5.35. The third-order valence-corrected chi connectivity index (χ3v) is 2.73. The van der Waals surface area contributed by atoms with Gasteiger partial charge in [-0.05, 0) is 32.4 Å². The molecule has 1 aromatic rings. The molecule has 17 heavy (non-hydrogen) atoms. The van der Waals surface area contributed by atoms with Crippen molar-refractivity contribution in [3.8, 4) is 11.5 Å². The lowest BCUT2D eigenvalue weighted by Crippen LogP contribution is -2.26. The van der Waals surface area contributed by atoms with Gasteiger partial charge in [0.15, 0.2) is 0 Å². The summed E-state index contributed by atoms with van der Waals surface area (Å²) in [5.74, 6) is 0.461. The van der Waals surface area contributed by atoms with Gasteiger partial charge >= 0.3 is 5.97 Å². The second-order valence-electron chi connectivity index (χ2n) is 4.51. The molecule has 0 aliphatic rings. The topological polar surface area (TPSA) is 55.8 Å². The van der Waals surface area contributed by atoms with Crippen molar-refractivity contribution in [1.29, 1.82) is 0 Å². The Labute approximate surface area is 101 Å². The van der Waals surface area contributed by atoms with Crippen LogP contribution in [0.25, 0.3) is 0 Å². The van der Waals surface area contributed by atoms with Gasteiger partial charge in [0.2, 0.25) is 0 Å². The number of carboxylic acids is 1. The maximum atomic E-state index is 11.1. The normalized spacial score (nSPS) is 11.1. The van der Waals surface area contributed by atoms with Crippen LogP contribution in [0.1, 0.15) is 19.4 Å². The van der Waals surface area contributed by atoms with Gasteiger partial charge in [-0.3, -0.25) is 4.79 Å². The summed E-state index contributed by atoms with van der Waals surface area (Å²) in [6, 6.07) is 5.42. The fourth-order valence-corrected chi connectivity index (χ4v) is 1.62. The van der Waals surface area contributed by atoms with E-state index < -0.39 is 11.4 Å². The fraction of sp³-hybridized carbons (Fsp3) is 0.462. The van der Waals surface area contributed by atoms with E-state index in [0.717, 1.165) is 5.56 Å². The largest absolute Gasteiger partial charge is 0.496 e. The zero-order valence-electron chi connectivity index (χ0n) is 10.6. The van der Waals surface area contributed by atoms with Gasteiger partial charge < -0.3 is 14.6 Å². The molecule has 0 fully saturated rings. The van der Waals surface area contributed by atoms with Crippen molar-refractivity contribution >= 4 is 5.97 Å². The molecule has 0 heterocycles. The zero-order chi connectivity index (χ0) is 13.1. The molecule has 0 saturated heterocycles. The summed E-state index contributed by atoms with van der Waals surface area (Å²) < 4.78 is 10.5. The Morgan fingerprint density at radius 2 is 1.71 bits per heavy atom. The van der Waals surface area contributed by atoms with Crippen LogP contribution in [0.5, 0.6) is 11.5 Å². The molecule has 1 aromatic carbocycles. The van der Waals surface area contributed by atoms with Crippen molar-refractivity contribution in [3.05, 3.63) is 23.8 Å². The van der Waals surface area contributed by atoms with Crippen LogP contribution in [-0.4, -0.2) is 25.3 Å².